The van der Waals surface area contributed by atoms with Gasteiger partial charge in [-0.1, -0.05) is 0 Å². The first-order chi connectivity index (χ1) is 8.09. The van der Waals surface area contributed by atoms with Gasteiger partial charge in [0.2, 0.25) is 5.91 Å². The molecule has 0 bridgehead atoms. The van der Waals surface area contributed by atoms with Gasteiger partial charge in [0.25, 0.3) is 0 Å². The molecule has 1 saturated heterocycles. The standard InChI is InChI=1S/C12H18N2OS2/c1-9-4-7-16-11(9)12-14(6-5-13(2)3)10(15)8-17-12/h4,7,12H,5-6,8H2,1-3H3. The minimum atomic E-state index is 0.238. The predicted molar refractivity (Wildman–Crippen MR) is 74.5 cm³/mol. The van der Waals surface area contributed by atoms with E-state index >= 15 is 0 Å². The predicted octanol–water partition coefficient (Wildman–Crippen LogP) is 2.19. The molecule has 0 spiro atoms. The van der Waals surface area contributed by atoms with Gasteiger partial charge in [-0.15, -0.1) is 23.1 Å². The number of hydrogen-bond acceptors (Lipinski definition) is 4. The number of thioether (sulfide) groups is 1. The summed E-state index contributed by atoms with van der Waals surface area (Å²) in [6, 6.07) is 2.13. The number of carbonyl (C=O) groups is 1. The molecule has 2 heterocycles. The van der Waals surface area contributed by atoms with Crippen LogP contribution in [0.5, 0.6) is 0 Å². The van der Waals surface area contributed by atoms with Crippen LogP contribution in [0.1, 0.15) is 15.8 Å². The normalized spacial score (nSPS) is 20.6. The van der Waals surface area contributed by atoms with Crippen LogP contribution in [0.4, 0.5) is 0 Å². The topological polar surface area (TPSA) is 23.6 Å². The van der Waals surface area contributed by atoms with E-state index in [1.54, 1.807) is 23.1 Å². The molecule has 5 heteroatoms. The lowest BCUT2D eigenvalue weighted by Crippen LogP contribution is -2.34. The fraction of sp³-hybridized carbons (Fsp3) is 0.583. The summed E-state index contributed by atoms with van der Waals surface area (Å²) >= 11 is 3.51. The Labute approximate surface area is 111 Å². The van der Waals surface area contributed by atoms with Gasteiger partial charge in [0.15, 0.2) is 0 Å². The van der Waals surface area contributed by atoms with Gasteiger partial charge in [0, 0.05) is 18.0 Å². The second kappa shape index (κ2) is 5.42. The zero-order chi connectivity index (χ0) is 12.4. The molecule has 0 saturated carbocycles. The Hall–Kier alpha value is -0.520. The average Bonchev–Trinajstić information content (AvgIpc) is 2.82. The van der Waals surface area contributed by atoms with Crippen LogP contribution in [-0.4, -0.2) is 48.6 Å². The third-order valence-electron chi connectivity index (χ3n) is 2.88. The number of amides is 1. The first-order valence-electron chi connectivity index (χ1n) is 5.69. The van der Waals surface area contributed by atoms with E-state index in [1.807, 2.05) is 19.0 Å². The first kappa shape index (κ1) is 12.9. The van der Waals surface area contributed by atoms with Gasteiger partial charge in [0.05, 0.1) is 5.75 Å². The maximum absolute atomic E-state index is 11.9. The van der Waals surface area contributed by atoms with Crippen LogP contribution in [0.25, 0.3) is 0 Å². The molecule has 0 aromatic carbocycles. The zero-order valence-electron chi connectivity index (χ0n) is 10.5. The lowest BCUT2D eigenvalue weighted by Gasteiger charge is -2.25. The Balaban J connectivity index is 2.11. The third-order valence-corrected chi connectivity index (χ3v) is 5.32. The van der Waals surface area contributed by atoms with E-state index in [4.69, 9.17) is 0 Å². The van der Waals surface area contributed by atoms with Crippen molar-refractivity contribution in [3.63, 3.8) is 0 Å². The smallest absolute Gasteiger partial charge is 0.233 e. The second-order valence-electron chi connectivity index (χ2n) is 4.52. The molecule has 1 aliphatic heterocycles. The van der Waals surface area contributed by atoms with Crippen LogP contribution in [0.15, 0.2) is 11.4 Å². The molecule has 1 atom stereocenters. The molecular formula is C12H18N2OS2. The molecule has 1 aliphatic rings. The zero-order valence-corrected chi connectivity index (χ0v) is 12.1. The van der Waals surface area contributed by atoms with Crippen molar-refractivity contribution in [3.8, 4) is 0 Å². The second-order valence-corrected chi connectivity index (χ2v) is 6.54. The van der Waals surface area contributed by atoms with Gasteiger partial charge in [-0.25, -0.2) is 0 Å². The highest BCUT2D eigenvalue weighted by atomic mass is 32.2. The van der Waals surface area contributed by atoms with Crippen LogP contribution in [0, 0.1) is 6.92 Å². The molecule has 0 aliphatic carbocycles. The van der Waals surface area contributed by atoms with Crippen LogP contribution in [-0.2, 0) is 4.79 Å². The van der Waals surface area contributed by atoms with Crippen LogP contribution >= 0.6 is 23.1 Å². The van der Waals surface area contributed by atoms with Gasteiger partial charge in [-0.05, 0) is 38.0 Å². The molecule has 2 rings (SSSR count). The summed E-state index contributed by atoms with van der Waals surface area (Å²) in [6.07, 6.45) is 0. The molecule has 1 aromatic rings. The summed E-state index contributed by atoms with van der Waals surface area (Å²) in [5, 5.41) is 2.35. The maximum atomic E-state index is 11.9. The lowest BCUT2D eigenvalue weighted by molar-refractivity contribution is -0.128. The monoisotopic (exact) mass is 270 g/mol. The third kappa shape index (κ3) is 2.84. The van der Waals surface area contributed by atoms with Crippen LogP contribution < -0.4 is 0 Å². The highest BCUT2D eigenvalue weighted by molar-refractivity contribution is 8.00. The van der Waals surface area contributed by atoms with E-state index in [-0.39, 0.29) is 11.3 Å². The molecule has 3 nitrogen and oxygen atoms in total. The molecule has 1 amide bonds. The first-order valence-corrected chi connectivity index (χ1v) is 7.62. The molecule has 17 heavy (non-hydrogen) atoms. The molecule has 94 valence electrons. The van der Waals surface area contributed by atoms with Crippen molar-refractivity contribution < 1.29 is 4.79 Å². The van der Waals surface area contributed by atoms with Crippen molar-refractivity contribution in [2.75, 3.05) is 32.9 Å². The summed E-state index contributed by atoms with van der Waals surface area (Å²) in [5.41, 5.74) is 1.30. The van der Waals surface area contributed by atoms with Gasteiger partial charge < -0.3 is 9.80 Å². The van der Waals surface area contributed by atoms with E-state index in [0.29, 0.717) is 5.75 Å². The van der Waals surface area contributed by atoms with E-state index in [9.17, 15) is 4.79 Å². The van der Waals surface area contributed by atoms with E-state index < -0.39 is 0 Å². The number of thiophene rings is 1. The molecule has 1 fully saturated rings. The number of nitrogens with zero attached hydrogens (tertiary/aromatic N) is 2. The maximum Gasteiger partial charge on any atom is 0.233 e. The van der Waals surface area contributed by atoms with Crippen LogP contribution in [0.2, 0.25) is 0 Å². The Morgan fingerprint density at radius 1 is 1.53 bits per heavy atom. The fourth-order valence-corrected chi connectivity index (χ4v) is 4.35. The van der Waals surface area contributed by atoms with Crippen molar-refractivity contribution >= 4 is 29.0 Å². The highest BCUT2D eigenvalue weighted by Gasteiger charge is 2.33. The Morgan fingerprint density at radius 2 is 2.29 bits per heavy atom. The number of rotatable bonds is 4. The van der Waals surface area contributed by atoms with E-state index in [0.717, 1.165) is 13.1 Å². The van der Waals surface area contributed by atoms with Gasteiger partial charge in [-0.2, -0.15) is 0 Å². The quantitative estimate of drug-likeness (QED) is 0.838. The number of likely N-dealkylation sites (N-methyl/N-ethyl adjacent to an activating group) is 1. The van der Waals surface area contributed by atoms with E-state index in [1.165, 1.54) is 10.4 Å². The average molecular weight is 270 g/mol. The SMILES string of the molecule is Cc1ccsc1C1SCC(=O)N1CCN(C)C. The molecule has 1 unspecified atom stereocenters. The van der Waals surface area contributed by atoms with E-state index in [2.05, 4.69) is 23.3 Å². The number of aryl methyl sites for hydroxylation is 1. The number of hydrogen-bond donors (Lipinski definition) is 0. The van der Waals surface area contributed by atoms with Crippen molar-refractivity contribution in [3.05, 3.63) is 21.9 Å². The summed E-state index contributed by atoms with van der Waals surface area (Å²) < 4.78 is 0. The summed E-state index contributed by atoms with van der Waals surface area (Å²) in [4.78, 5) is 17.4. The minimum absolute atomic E-state index is 0.238. The molecule has 0 N–H and O–H groups in total. The van der Waals surface area contributed by atoms with Gasteiger partial charge in [0.1, 0.15) is 5.37 Å². The number of carbonyl (C=O) groups excluding carboxylic acids is 1. The van der Waals surface area contributed by atoms with Crippen molar-refractivity contribution in [2.24, 2.45) is 0 Å². The van der Waals surface area contributed by atoms with Crippen molar-refractivity contribution in [1.82, 2.24) is 9.80 Å². The molecular weight excluding hydrogens is 252 g/mol. The Kier molecular flexibility index (Phi) is 4.12. The minimum Gasteiger partial charge on any atom is -0.324 e. The molecule has 0 radical (unpaired) electrons. The van der Waals surface area contributed by atoms with Gasteiger partial charge >= 0.3 is 0 Å². The summed E-state index contributed by atoms with van der Waals surface area (Å²) in [5.74, 6) is 0.893. The summed E-state index contributed by atoms with van der Waals surface area (Å²) in [7, 11) is 4.08. The summed E-state index contributed by atoms with van der Waals surface area (Å²) in [6.45, 7) is 3.87. The lowest BCUT2D eigenvalue weighted by atomic mass is 10.2. The fourth-order valence-electron chi connectivity index (χ4n) is 1.86. The molecule has 1 aromatic heterocycles. The van der Waals surface area contributed by atoms with Crippen molar-refractivity contribution in [1.29, 1.82) is 0 Å². The Bertz CT molecular complexity index is 403. The Morgan fingerprint density at radius 3 is 2.88 bits per heavy atom. The largest absolute Gasteiger partial charge is 0.324 e. The van der Waals surface area contributed by atoms with Crippen LogP contribution in [0.3, 0.4) is 0 Å². The van der Waals surface area contributed by atoms with Gasteiger partial charge in [-0.3, -0.25) is 4.79 Å². The highest BCUT2D eigenvalue weighted by Crippen LogP contribution is 2.41. The van der Waals surface area contributed by atoms with Crippen molar-refractivity contribution in [2.45, 2.75) is 12.3 Å².